The lowest BCUT2D eigenvalue weighted by Gasteiger charge is -2.13. The second-order valence-corrected chi connectivity index (χ2v) is 6.57. The standard InChI is InChI=1S/C21H23FN6O/c1-14-18(26-15(2)29)6-3-7-19(14)27-21-25-13-24-20(28-21)23-12-4-5-16-8-10-17(22)11-9-16/h3,6-11,13H,4-5,12H2,1-2H3,(H,26,29)(H2,23,24,25,27,28). The lowest BCUT2D eigenvalue weighted by Crippen LogP contribution is -2.10. The molecule has 3 aromatic rings. The van der Waals surface area contributed by atoms with Crippen LogP contribution in [-0.2, 0) is 11.2 Å². The van der Waals surface area contributed by atoms with Crippen LogP contribution in [0, 0.1) is 12.7 Å². The maximum absolute atomic E-state index is 12.9. The van der Waals surface area contributed by atoms with Gasteiger partial charge in [0.2, 0.25) is 17.8 Å². The number of nitrogens with zero attached hydrogens (tertiary/aromatic N) is 3. The molecule has 0 saturated heterocycles. The first kappa shape index (κ1) is 20.2. The van der Waals surface area contributed by atoms with Gasteiger partial charge in [0, 0.05) is 24.8 Å². The Morgan fingerprint density at radius 2 is 1.76 bits per heavy atom. The highest BCUT2D eigenvalue weighted by molar-refractivity contribution is 5.90. The van der Waals surface area contributed by atoms with Crippen LogP contribution in [0.4, 0.5) is 27.7 Å². The number of aromatic nitrogens is 3. The second kappa shape index (κ2) is 9.59. The van der Waals surface area contributed by atoms with E-state index in [1.54, 1.807) is 12.1 Å². The lowest BCUT2D eigenvalue weighted by atomic mass is 10.1. The average molecular weight is 394 g/mol. The number of carbonyl (C=O) groups excluding carboxylic acids is 1. The first-order chi connectivity index (χ1) is 14.0. The Labute approximate surface area is 168 Å². The molecule has 0 spiro atoms. The highest BCUT2D eigenvalue weighted by Gasteiger charge is 2.07. The van der Waals surface area contributed by atoms with Crippen LogP contribution in [-0.4, -0.2) is 27.4 Å². The van der Waals surface area contributed by atoms with Crippen LogP contribution in [0.3, 0.4) is 0 Å². The smallest absolute Gasteiger partial charge is 0.232 e. The van der Waals surface area contributed by atoms with Gasteiger partial charge in [0.1, 0.15) is 12.1 Å². The Morgan fingerprint density at radius 1 is 1.03 bits per heavy atom. The number of hydrogen-bond acceptors (Lipinski definition) is 6. The molecule has 1 amide bonds. The van der Waals surface area contributed by atoms with Crippen molar-refractivity contribution in [3.8, 4) is 0 Å². The van der Waals surface area contributed by atoms with Gasteiger partial charge in [-0.15, -0.1) is 0 Å². The number of halogens is 1. The molecule has 3 N–H and O–H groups in total. The third kappa shape index (κ3) is 5.97. The fraction of sp³-hybridized carbons (Fsp3) is 0.238. The van der Waals surface area contributed by atoms with Crippen LogP contribution in [0.1, 0.15) is 24.5 Å². The average Bonchev–Trinajstić information content (AvgIpc) is 2.70. The minimum absolute atomic E-state index is 0.127. The Morgan fingerprint density at radius 3 is 2.52 bits per heavy atom. The molecule has 150 valence electrons. The van der Waals surface area contributed by atoms with Gasteiger partial charge in [-0.25, -0.2) is 14.4 Å². The predicted molar refractivity (Wildman–Crippen MR) is 112 cm³/mol. The maximum atomic E-state index is 12.9. The summed E-state index contributed by atoms with van der Waals surface area (Å²) in [6.07, 6.45) is 3.13. The van der Waals surface area contributed by atoms with E-state index in [2.05, 4.69) is 30.9 Å². The Balaban J connectivity index is 1.57. The number of anilines is 4. The summed E-state index contributed by atoms with van der Waals surface area (Å²) in [5.74, 6) is 0.522. The minimum Gasteiger partial charge on any atom is -0.354 e. The molecule has 0 radical (unpaired) electrons. The van der Waals surface area contributed by atoms with E-state index >= 15 is 0 Å². The summed E-state index contributed by atoms with van der Waals surface area (Å²) in [6.45, 7) is 4.06. The number of carbonyl (C=O) groups is 1. The molecule has 1 heterocycles. The summed E-state index contributed by atoms with van der Waals surface area (Å²) in [7, 11) is 0. The van der Waals surface area contributed by atoms with Crippen molar-refractivity contribution in [1.29, 1.82) is 0 Å². The fourth-order valence-corrected chi connectivity index (χ4v) is 2.80. The van der Waals surface area contributed by atoms with Crippen molar-refractivity contribution in [3.05, 3.63) is 65.7 Å². The van der Waals surface area contributed by atoms with Crippen molar-refractivity contribution in [2.45, 2.75) is 26.7 Å². The molecule has 3 rings (SSSR count). The Kier molecular flexibility index (Phi) is 6.67. The van der Waals surface area contributed by atoms with Crippen LogP contribution in [0.5, 0.6) is 0 Å². The number of hydrogen-bond donors (Lipinski definition) is 3. The van der Waals surface area contributed by atoms with Gasteiger partial charge in [0.05, 0.1) is 0 Å². The molecule has 0 aliphatic carbocycles. The summed E-state index contributed by atoms with van der Waals surface area (Å²) in [6, 6.07) is 12.1. The monoisotopic (exact) mass is 394 g/mol. The van der Waals surface area contributed by atoms with Crippen LogP contribution in [0.25, 0.3) is 0 Å². The van der Waals surface area contributed by atoms with E-state index in [0.29, 0.717) is 18.4 Å². The fourth-order valence-electron chi connectivity index (χ4n) is 2.80. The van der Waals surface area contributed by atoms with Crippen molar-refractivity contribution >= 4 is 29.2 Å². The largest absolute Gasteiger partial charge is 0.354 e. The summed E-state index contributed by atoms with van der Waals surface area (Å²) in [4.78, 5) is 24.0. The van der Waals surface area contributed by atoms with E-state index < -0.39 is 0 Å². The van der Waals surface area contributed by atoms with Gasteiger partial charge in [-0.3, -0.25) is 4.79 Å². The first-order valence-electron chi connectivity index (χ1n) is 9.33. The van der Waals surface area contributed by atoms with Crippen LogP contribution in [0.15, 0.2) is 48.8 Å². The highest BCUT2D eigenvalue weighted by atomic mass is 19.1. The molecule has 0 saturated carbocycles. The number of rotatable bonds is 8. The van der Waals surface area contributed by atoms with Gasteiger partial charge >= 0.3 is 0 Å². The zero-order chi connectivity index (χ0) is 20.6. The van der Waals surface area contributed by atoms with E-state index in [1.165, 1.54) is 25.4 Å². The van der Waals surface area contributed by atoms with Gasteiger partial charge in [-0.05, 0) is 55.2 Å². The Bertz CT molecular complexity index is 977. The van der Waals surface area contributed by atoms with Crippen LogP contribution >= 0.6 is 0 Å². The number of benzene rings is 2. The molecule has 0 bridgehead atoms. The van der Waals surface area contributed by atoms with Crippen molar-refractivity contribution in [2.75, 3.05) is 22.5 Å². The number of nitrogens with one attached hydrogen (secondary N) is 3. The second-order valence-electron chi connectivity index (χ2n) is 6.57. The van der Waals surface area contributed by atoms with Gasteiger partial charge in [0.15, 0.2) is 0 Å². The van der Waals surface area contributed by atoms with Crippen LogP contribution in [0.2, 0.25) is 0 Å². The number of aryl methyl sites for hydroxylation is 1. The number of amides is 1. The molecular weight excluding hydrogens is 371 g/mol. The minimum atomic E-state index is -0.227. The van der Waals surface area contributed by atoms with E-state index in [9.17, 15) is 9.18 Å². The SMILES string of the molecule is CC(=O)Nc1cccc(Nc2ncnc(NCCCc3ccc(F)cc3)n2)c1C. The predicted octanol–water partition coefficient (Wildman–Crippen LogP) is 4.07. The van der Waals surface area contributed by atoms with Gasteiger partial charge in [0.25, 0.3) is 0 Å². The Hall–Kier alpha value is -3.55. The maximum Gasteiger partial charge on any atom is 0.232 e. The van der Waals surface area contributed by atoms with Crippen molar-refractivity contribution in [2.24, 2.45) is 0 Å². The molecule has 29 heavy (non-hydrogen) atoms. The van der Waals surface area contributed by atoms with Gasteiger partial charge in [-0.1, -0.05) is 18.2 Å². The third-order valence-electron chi connectivity index (χ3n) is 4.30. The first-order valence-corrected chi connectivity index (χ1v) is 9.33. The summed E-state index contributed by atoms with van der Waals surface area (Å²) in [5.41, 5.74) is 3.50. The molecule has 0 aliphatic rings. The van der Waals surface area contributed by atoms with Crippen molar-refractivity contribution in [3.63, 3.8) is 0 Å². The summed E-state index contributed by atoms with van der Waals surface area (Å²) >= 11 is 0. The van der Waals surface area contributed by atoms with E-state index in [0.717, 1.165) is 35.3 Å². The quantitative estimate of drug-likeness (QED) is 0.499. The molecular formula is C21H23FN6O. The van der Waals surface area contributed by atoms with Crippen molar-refractivity contribution in [1.82, 2.24) is 15.0 Å². The van der Waals surface area contributed by atoms with E-state index in [4.69, 9.17) is 0 Å². The molecule has 0 fully saturated rings. The summed E-state index contributed by atoms with van der Waals surface area (Å²) in [5, 5.41) is 9.13. The zero-order valence-corrected chi connectivity index (χ0v) is 16.4. The van der Waals surface area contributed by atoms with Crippen molar-refractivity contribution < 1.29 is 9.18 Å². The summed E-state index contributed by atoms with van der Waals surface area (Å²) < 4.78 is 12.9. The van der Waals surface area contributed by atoms with Gasteiger partial charge < -0.3 is 16.0 Å². The highest BCUT2D eigenvalue weighted by Crippen LogP contribution is 2.25. The molecule has 8 heteroatoms. The van der Waals surface area contributed by atoms with E-state index in [-0.39, 0.29) is 11.7 Å². The molecule has 7 nitrogen and oxygen atoms in total. The molecule has 1 aromatic heterocycles. The molecule has 0 aliphatic heterocycles. The topological polar surface area (TPSA) is 91.8 Å². The lowest BCUT2D eigenvalue weighted by molar-refractivity contribution is -0.114. The zero-order valence-electron chi connectivity index (χ0n) is 16.4. The third-order valence-corrected chi connectivity index (χ3v) is 4.30. The molecule has 0 atom stereocenters. The normalized spacial score (nSPS) is 10.4. The van der Waals surface area contributed by atoms with Crippen LogP contribution < -0.4 is 16.0 Å². The van der Waals surface area contributed by atoms with E-state index in [1.807, 2.05) is 25.1 Å². The molecule has 2 aromatic carbocycles. The molecule has 0 unspecified atom stereocenters. The van der Waals surface area contributed by atoms with Gasteiger partial charge in [-0.2, -0.15) is 4.98 Å².